The van der Waals surface area contributed by atoms with E-state index in [-0.39, 0.29) is 0 Å². The number of para-hydroxylation sites is 1. The summed E-state index contributed by atoms with van der Waals surface area (Å²) >= 11 is 0. The van der Waals surface area contributed by atoms with E-state index in [2.05, 4.69) is 10.5 Å². The topological polar surface area (TPSA) is 33.6 Å². The lowest BCUT2D eigenvalue weighted by molar-refractivity contribution is 0.415. The third kappa shape index (κ3) is 3.10. The van der Waals surface area contributed by atoms with E-state index in [1.54, 1.807) is 13.3 Å². The number of anilines is 1. The van der Waals surface area contributed by atoms with Gasteiger partial charge < -0.3 is 4.74 Å². The molecular formula is C15H16N2O. The molecular weight excluding hydrogens is 224 g/mol. The fourth-order valence-electron chi connectivity index (χ4n) is 1.56. The van der Waals surface area contributed by atoms with Crippen LogP contribution in [-0.4, -0.2) is 13.3 Å². The Hall–Kier alpha value is -2.29. The molecule has 0 fully saturated rings. The predicted molar refractivity (Wildman–Crippen MR) is 75.4 cm³/mol. The van der Waals surface area contributed by atoms with Crippen LogP contribution in [-0.2, 0) is 0 Å². The number of hydrogen-bond acceptors (Lipinski definition) is 3. The van der Waals surface area contributed by atoms with Crippen LogP contribution in [0.25, 0.3) is 0 Å². The molecule has 2 rings (SSSR count). The van der Waals surface area contributed by atoms with Gasteiger partial charge >= 0.3 is 0 Å². The molecule has 0 heterocycles. The molecule has 0 saturated carbocycles. The van der Waals surface area contributed by atoms with Gasteiger partial charge in [-0.1, -0.05) is 18.2 Å². The van der Waals surface area contributed by atoms with Crippen molar-refractivity contribution in [2.75, 3.05) is 12.5 Å². The van der Waals surface area contributed by atoms with E-state index in [9.17, 15) is 0 Å². The van der Waals surface area contributed by atoms with Gasteiger partial charge in [-0.3, -0.25) is 5.43 Å². The lowest BCUT2D eigenvalue weighted by Crippen LogP contribution is -1.92. The maximum Gasteiger partial charge on any atom is 0.118 e. The number of rotatable bonds is 4. The second-order valence-electron chi connectivity index (χ2n) is 3.96. The number of methoxy groups -OCH3 is 1. The van der Waals surface area contributed by atoms with Gasteiger partial charge in [0.1, 0.15) is 5.75 Å². The lowest BCUT2D eigenvalue weighted by Gasteiger charge is -2.03. The van der Waals surface area contributed by atoms with Crippen LogP contribution in [0.2, 0.25) is 0 Å². The maximum absolute atomic E-state index is 5.10. The minimum atomic E-state index is 0.846. The summed E-state index contributed by atoms with van der Waals surface area (Å²) in [6.45, 7) is 2.05. The highest BCUT2D eigenvalue weighted by Crippen LogP contribution is 2.13. The van der Waals surface area contributed by atoms with Crippen molar-refractivity contribution < 1.29 is 4.74 Å². The summed E-state index contributed by atoms with van der Waals surface area (Å²) in [6, 6.07) is 15.8. The number of hydrazone groups is 1. The monoisotopic (exact) mass is 240 g/mol. The average Bonchev–Trinajstić information content (AvgIpc) is 2.42. The Morgan fingerprint density at radius 3 is 2.44 bits per heavy atom. The van der Waals surface area contributed by atoms with Gasteiger partial charge in [-0.05, 0) is 48.4 Å². The van der Waals surface area contributed by atoms with Gasteiger partial charge in [0.2, 0.25) is 0 Å². The van der Waals surface area contributed by atoms with Gasteiger partial charge in [-0.2, -0.15) is 5.10 Å². The van der Waals surface area contributed by atoms with E-state index >= 15 is 0 Å². The van der Waals surface area contributed by atoms with Crippen molar-refractivity contribution >= 4 is 11.9 Å². The number of nitrogens with zero attached hydrogens (tertiary/aromatic N) is 1. The van der Waals surface area contributed by atoms with Gasteiger partial charge in [0.05, 0.1) is 19.0 Å². The number of hydrogen-bond donors (Lipinski definition) is 1. The van der Waals surface area contributed by atoms with Crippen molar-refractivity contribution in [2.45, 2.75) is 6.92 Å². The zero-order valence-corrected chi connectivity index (χ0v) is 10.6. The highest BCUT2D eigenvalue weighted by Gasteiger charge is 1.93. The van der Waals surface area contributed by atoms with E-state index in [0.717, 1.165) is 17.0 Å². The molecule has 0 aromatic heterocycles. The van der Waals surface area contributed by atoms with Crippen LogP contribution in [0.5, 0.6) is 5.75 Å². The Morgan fingerprint density at radius 2 is 1.78 bits per heavy atom. The first-order valence-electron chi connectivity index (χ1n) is 5.78. The van der Waals surface area contributed by atoms with Crippen LogP contribution in [0.1, 0.15) is 11.1 Å². The maximum atomic E-state index is 5.10. The molecule has 0 radical (unpaired) electrons. The molecule has 0 saturated heterocycles. The Kier molecular flexibility index (Phi) is 3.97. The fraction of sp³-hybridized carbons (Fsp3) is 0.133. The molecule has 3 heteroatoms. The molecule has 0 atom stereocenters. The molecule has 0 unspecified atom stereocenters. The van der Waals surface area contributed by atoms with Crippen LogP contribution < -0.4 is 10.2 Å². The number of aryl methyl sites for hydroxylation is 1. The van der Waals surface area contributed by atoms with Crippen LogP contribution in [0.3, 0.4) is 0 Å². The number of ether oxygens (including phenoxy) is 1. The van der Waals surface area contributed by atoms with E-state index in [0.29, 0.717) is 0 Å². The summed E-state index contributed by atoms with van der Waals surface area (Å²) in [5, 5.41) is 4.21. The van der Waals surface area contributed by atoms with Gasteiger partial charge in [0.15, 0.2) is 0 Å². The zero-order chi connectivity index (χ0) is 12.8. The summed E-state index contributed by atoms with van der Waals surface area (Å²) in [4.78, 5) is 0. The predicted octanol–water partition coefficient (Wildman–Crippen LogP) is 3.45. The van der Waals surface area contributed by atoms with Gasteiger partial charge in [-0.15, -0.1) is 0 Å². The first-order chi connectivity index (χ1) is 8.79. The van der Waals surface area contributed by atoms with Crippen molar-refractivity contribution in [3.8, 4) is 5.75 Å². The molecule has 1 N–H and O–H groups in total. The molecule has 0 spiro atoms. The van der Waals surface area contributed by atoms with Crippen LogP contribution in [0.15, 0.2) is 53.6 Å². The zero-order valence-electron chi connectivity index (χ0n) is 10.6. The molecule has 0 aliphatic heterocycles. The largest absolute Gasteiger partial charge is 0.497 e. The molecule has 0 bridgehead atoms. The number of benzene rings is 2. The first kappa shape index (κ1) is 12.2. The quantitative estimate of drug-likeness (QED) is 0.656. The van der Waals surface area contributed by atoms with Crippen molar-refractivity contribution in [2.24, 2.45) is 5.10 Å². The molecule has 0 amide bonds. The summed E-state index contributed by atoms with van der Waals surface area (Å²) in [7, 11) is 1.66. The van der Waals surface area contributed by atoms with E-state index in [1.165, 1.54) is 5.56 Å². The minimum Gasteiger partial charge on any atom is -0.497 e. The molecule has 3 nitrogen and oxygen atoms in total. The second-order valence-corrected chi connectivity index (χ2v) is 3.96. The fourth-order valence-corrected chi connectivity index (χ4v) is 1.56. The van der Waals surface area contributed by atoms with E-state index < -0.39 is 0 Å². The Bertz CT molecular complexity index is 532. The summed E-state index contributed by atoms with van der Waals surface area (Å²) in [5.41, 5.74) is 6.24. The van der Waals surface area contributed by atoms with Crippen LogP contribution in [0.4, 0.5) is 5.69 Å². The standard InChI is InChI=1S/C15H16N2O/c1-12-5-3-4-6-15(12)17-16-11-13-7-9-14(18-2)10-8-13/h3-11,17H,1-2H3/b16-11-. The Balaban J connectivity index is 2.01. The van der Waals surface area contributed by atoms with Gasteiger partial charge in [-0.25, -0.2) is 0 Å². The SMILES string of the molecule is COc1ccc(/C=N\Nc2ccccc2C)cc1. The third-order valence-corrected chi connectivity index (χ3v) is 2.66. The van der Waals surface area contributed by atoms with Crippen LogP contribution >= 0.6 is 0 Å². The summed E-state index contributed by atoms with van der Waals surface area (Å²) < 4.78 is 5.10. The van der Waals surface area contributed by atoms with Crippen molar-refractivity contribution in [1.82, 2.24) is 0 Å². The number of nitrogens with one attached hydrogen (secondary N) is 1. The highest BCUT2D eigenvalue weighted by atomic mass is 16.5. The Labute approximate surface area is 107 Å². The molecule has 2 aromatic rings. The van der Waals surface area contributed by atoms with Crippen molar-refractivity contribution in [3.05, 3.63) is 59.7 Å². The second kappa shape index (κ2) is 5.87. The molecule has 0 aliphatic rings. The normalized spacial score (nSPS) is 10.6. The van der Waals surface area contributed by atoms with Gasteiger partial charge in [0, 0.05) is 0 Å². The average molecular weight is 240 g/mol. The van der Waals surface area contributed by atoms with Crippen molar-refractivity contribution in [1.29, 1.82) is 0 Å². The molecule has 2 aromatic carbocycles. The van der Waals surface area contributed by atoms with Crippen LogP contribution in [0, 0.1) is 6.92 Å². The minimum absolute atomic E-state index is 0.846. The molecule has 92 valence electrons. The third-order valence-electron chi connectivity index (χ3n) is 2.66. The molecule has 0 aliphatic carbocycles. The molecule has 18 heavy (non-hydrogen) atoms. The summed E-state index contributed by atoms with van der Waals surface area (Å²) in [6.07, 6.45) is 1.78. The first-order valence-corrected chi connectivity index (χ1v) is 5.78. The summed E-state index contributed by atoms with van der Waals surface area (Å²) in [5.74, 6) is 0.846. The smallest absolute Gasteiger partial charge is 0.118 e. The van der Waals surface area contributed by atoms with Crippen molar-refractivity contribution in [3.63, 3.8) is 0 Å². The lowest BCUT2D eigenvalue weighted by atomic mass is 10.2. The highest BCUT2D eigenvalue weighted by molar-refractivity contribution is 5.80. The van der Waals surface area contributed by atoms with Gasteiger partial charge in [0.25, 0.3) is 0 Å². The van der Waals surface area contributed by atoms with E-state index in [1.807, 2.05) is 55.5 Å². The Morgan fingerprint density at radius 1 is 1.06 bits per heavy atom. The van der Waals surface area contributed by atoms with E-state index in [4.69, 9.17) is 4.74 Å².